The van der Waals surface area contributed by atoms with E-state index in [-0.39, 0.29) is 0 Å². The molecule has 19 heavy (non-hydrogen) atoms. The van der Waals surface area contributed by atoms with Crippen LogP contribution in [0.3, 0.4) is 0 Å². The number of nitrogens with zero attached hydrogens (tertiary/aromatic N) is 1. The van der Waals surface area contributed by atoms with Crippen molar-refractivity contribution in [3.8, 4) is 0 Å². The normalized spacial score (nSPS) is 21.5. The van der Waals surface area contributed by atoms with E-state index < -0.39 is 6.17 Å². The van der Waals surface area contributed by atoms with Crippen LogP contribution in [0.2, 0.25) is 0 Å². The molecule has 0 fully saturated rings. The largest absolute Gasteiger partial charge is 0.305 e. The van der Waals surface area contributed by atoms with Gasteiger partial charge in [-0.15, -0.1) is 0 Å². The maximum Gasteiger partial charge on any atom is 0.144 e. The number of benzene rings is 1. The van der Waals surface area contributed by atoms with Gasteiger partial charge in [-0.3, -0.25) is 0 Å². The van der Waals surface area contributed by atoms with E-state index in [2.05, 4.69) is 6.08 Å². The molecule has 100 valence electrons. The van der Waals surface area contributed by atoms with Crippen molar-refractivity contribution in [1.82, 2.24) is 4.90 Å². The first kappa shape index (κ1) is 13.8. The van der Waals surface area contributed by atoms with Crippen molar-refractivity contribution in [1.29, 1.82) is 0 Å². The monoisotopic (exact) mass is 257 g/mol. The third-order valence-electron chi connectivity index (χ3n) is 3.14. The minimum absolute atomic E-state index is 0.758. The average molecular weight is 257 g/mol. The zero-order chi connectivity index (χ0) is 13.8. The SMILES string of the molecule is CC1=CC(CN(C)C)=CC(F)C1=Cc1ccccc1. The van der Waals surface area contributed by atoms with Crippen molar-refractivity contribution in [3.05, 3.63) is 64.8 Å². The molecule has 0 N–H and O–H groups in total. The fourth-order valence-electron chi connectivity index (χ4n) is 2.29. The summed E-state index contributed by atoms with van der Waals surface area (Å²) < 4.78 is 14.3. The number of allylic oxidation sites excluding steroid dienone is 3. The number of rotatable bonds is 3. The van der Waals surface area contributed by atoms with Crippen LogP contribution < -0.4 is 0 Å². The molecular formula is C17H20FN. The molecule has 1 atom stereocenters. The molecule has 0 saturated carbocycles. The smallest absolute Gasteiger partial charge is 0.144 e. The van der Waals surface area contributed by atoms with Crippen molar-refractivity contribution in [3.63, 3.8) is 0 Å². The van der Waals surface area contributed by atoms with E-state index >= 15 is 0 Å². The van der Waals surface area contributed by atoms with Gasteiger partial charge in [0.05, 0.1) is 0 Å². The van der Waals surface area contributed by atoms with Gasteiger partial charge in [0.1, 0.15) is 6.17 Å². The molecule has 0 aliphatic heterocycles. The fraction of sp³-hybridized carbons (Fsp3) is 0.294. The van der Waals surface area contributed by atoms with Crippen molar-refractivity contribution >= 4 is 6.08 Å². The van der Waals surface area contributed by atoms with Crippen molar-refractivity contribution in [2.24, 2.45) is 0 Å². The molecule has 0 radical (unpaired) electrons. The number of halogens is 1. The van der Waals surface area contributed by atoms with Crippen LogP contribution in [0.15, 0.2) is 59.2 Å². The summed E-state index contributed by atoms with van der Waals surface area (Å²) in [5.74, 6) is 0. The Hall–Kier alpha value is -1.67. The van der Waals surface area contributed by atoms with E-state index in [0.717, 1.165) is 28.8 Å². The number of alkyl halides is 1. The highest BCUT2D eigenvalue weighted by Gasteiger charge is 2.18. The molecule has 2 heteroatoms. The van der Waals surface area contributed by atoms with Gasteiger partial charge in [0, 0.05) is 6.54 Å². The highest BCUT2D eigenvalue weighted by molar-refractivity contribution is 5.62. The van der Waals surface area contributed by atoms with Crippen LogP contribution >= 0.6 is 0 Å². The van der Waals surface area contributed by atoms with E-state index in [1.165, 1.54) is 0 Å². The lowest BCUT2D eigenvalue weighted by atomic mass is 9.92. The summed E-state index contributed by atoms with van der Waals surface area (Å²) in [6, 6.07) is 9.88. The highest BCUT2D eigenvalue weighted by Crippen LogP contribution is 2.27. The summed E-state index contributed by atoms with van der Waals surface area (Å²) in [5, 5.41) is 0. The Balaban J connectivity index is 2.25. The Morgan fingerprint density at radius 2 is 1.89 bits per heavy atom. The molecule has 1 aromatic rings. The summed E-state index contributed by atoms with van der Waals surface area (Å²) >= 11 is 0. The van der Waals surface area contributed by atoms with Crippen LogP contribution in [-0.4, -0.2) is 31.7 Å². The second-order valence-corrected chi connectivity index (χ2v) is 5.22. The van der Waals surface area contributed by atoms with Gasteiger partial charge in [0.15, 0.2) is 0 Å². The maximum atomic E-state index is 14.3. The molecule has 0 amide bonds. The Morgan fingerprint density at radius 1 is 1.21 bits per heavy atom. The second-order valence-electron chi connectivity index (χ2n) is 5.22. The van der Waals surface area contributed by atoms with Gasteiger partial charge >= 0.3 is 0 Å². The zero-order valence-corrected chi connectivity index (χ0v) is 11.7. The fourth-order valence-corrected chi connectivity index (χ4v) is 2.29. The van der Waals surface area contributed by atoms with Crippen LogP contribution in [0.4, 0.5) is 4.39 Å². The highest BCUT2D eigenvalue weighted by atomic mass is 19.1. The lowest BCUT2D eigenvalue weighted by Gasteiger charge is -2.20. The third kappa shape index (κ3) is 3.65. The van der Waals surface area contributed by atoms with Crippen LogP contribution in [-0.2, 0) is 0 Å². The Kier molecular flexibility index (Phi) is 4.33. The standard InChI is InChI=1S/C17H20FN/c1-13-9-15(12-19(2)3)11-17(18)16(13)10-14-7-5-4-6-8-14/h4-11,17H,12H2,1-3H3. The molecular weight excluding hydrogens is 237 g/mol. The summed E-state index contributed by atoms with van der Waals surface area (Å²) in [7, 11) is 3.99. The third-order valence-corrected chi connectivity index (χ3v) is 3.14. The molecule has 1 aliphatic carbocycles. The van der Waals surface area contributed by atoms with Crippen LogP contribution in [0.5, 0.6) is 0 Å². The summed E-state index contributed by atoms with van der Waals surface area (Å²) in [5.41, 5.74) is 3.85. The topological polar surface area (TPSA) is 3.24 Å². The van der Waals surface area contributed by atoms with Gasteiger partial charge in [-0.25, -0.2) is 4.39 Å². The first-order valence-corrected chi connectivity index (χ1v) is 6.51. The predicted molar refractivity (Wildman–Crippen MR) is 79.7 cm³/mol. The van der Waals surface area contributed by atoms with Crippen LogP contribution in [0.25, 0.3) is 6.08 Å². The Labute approximate surface area is 114 Å². The summed E-state index contributed by atoms with van der Waals surface area (Å²) in [6.07, 6.45) is 4.70. The molecule has 0 spiro atoms. The zero-order valence-electron chi connectivity index (χ0n) is 11.7. The predicted octanol–water partition coefficient (Wildman–Crippen LogP) is 3.86. The summed E-state index contributed by atoms with van der Waals surface area (Å²) in [4.78, 5) is 2.05. The van der Waals surface area contributed by atoms with E-state index in [1.54, 1.807) is 6.08 Å². The number of hydrogen-bond acceptors (Lipinski definition) is 1. The number of hydrogen-bond donors (Lipinski definition) is 0. The lowest BCUT2D eigenvalue weighted by molar-refractivity contribution is 0.429. The van der Waals surface area contributed by atoms with Gasteiger partial charge in [0.25, 0.3) is 0 Å². The molecule has 0 aromatic heterocycles. The van der Waals surface area contributed by atoms with Crippen LogP contribution in [0.1, 0.15) is 12.5 Å². The second kappa shape index (κ2) is 5.98. The molecule has 0 saturated heterocycles. The quantitative estimate of drug-likeness (QED) is 0.795. The molecule has 0 bridgehead atoms. The average Bonchev–Trinajstić information content (AvgIpc) is 2.34. The van der Waals surface area contributed by atoms with Crippen molar-refractivity contribution in [2.75, 3.05) is 20.6 Å². The van der Waals surface area contributed by atoms with Gasteiger partial charge in [0.2, 0.25) is 0 Å². The molecule has 0 heterocycles. The first-order chi connectivity index (χ1) is 9.06. The molecule has 1 unspecified atom stereocenters. The molecule has 2 rings (SSSR count). The number of likely N-dealkylation sites (N-methyl/N-ethyl adjacent to an activating group) is 1. The molecule has 1 nitrogen and oxygen atoms in total. The van der Waals surface area contributed by atoms with Gasteiger partial charge in [-0.05, 0) is 55.5 Å². The van der Waals surface area contributed by atoms with Gasteiger partial charge in [-0.1, -0.05) is 36.4 Å². The van der Waals surface area contributed by atoms with Crippen molar-refractivity contribution in [2.45, 2.75) is 13.1 Å². The Morgan fingerprint density at radius 3 is 2.47 bits per heavy atom. The lowest BCUT2D eigenvalue weighted by Crippen LogP contribution is -2.18. The molecule has 1 aliphatic rings. The van der Waals surface area contributed by atoms with Gasteiger partial charge in [-0.2, -0.15) is 0 Å². The van der Waals surface area contributed by atoms with E-state index in [0.29, 0.717) is 0 Å². The minimum atomic E-state index is -1.01. The van der Waals surface area contributed by atoms with E-state index in [9.17, 15) is 4.39 Å². The first-order valence-electron chi connectivity index (χ1n) is 6.51. The van der Waals surface area contributed by atoms with Crippen LogP contribution in [0, 0.1) is 0 Å². The van der Waals surface area contributed by atoms with Gasteiger partial charge < -0.3 is 4.90 Å². The van der Waals surface area contributed by atoms with E-state index in [4.69, 9.17) is 0 Å². The van der Waals surface area contributed by atoms with E-state index in [1.807, 2.05) is 62.3 Å². The van der Waals surface area contributed by atoms with Crippen molar-refractivity contribution < 1.29 is 4.39 Å². The Bertz CT molecular complexity index is 523. The molecule has 1 aromatic carbocycles. The minimum Gasteiger partial charge on any atom is -0.305 e. The maximum absolute atomic E-state index is 14.3. The summed E-state index contributed by atoms with van der Waals surface area (Å²) in [6.45, 7) is 2.75.